The SMILES string of the molecule is COc1ccc(-c2ccc(NCc3cccc(OC(F)(F)F)c3)nc2)cc1C(=O)NCCC(=O)O. The number of pyridine rings is 1. The molecule has 3 rings (SSSR count). The van der Waals surface area contributed by atoms with Gasteiger partial charge in [0.1, 0.15) is 17.3 Å². The molecular weight excluding hydrogens is 467 g/mol. The predicted octanol–water partition coefficient (Wildman–Crippen LogP) is 4.47. The number of hydrogen-bond acceptors (Lipinski definition) is 6. The Balaban J connectivity index is 1.68. The molecular formula is C24H22F3N3O5. The van der Waals surface area contributed by atoms with Gasteiger partial charge in [-0.2, -0.15) is 0 Å². The van der Waals surface area contributed by atoms with Gasteiger partial charge in [0.15, 0.2) is 0 Å². The molecule has 2 aromatic carbocycles. The lowest BCUT2D eigenvalue weighted by molar-refractivity contribution is -0.274. The standard InChI is InChI=1S/C24H22F3N3O5/c1-34-20-7-5-16(12-19(20)23(33)28-10-9-22(31)32)17-6-8-21(30-14-17)29-13-15-3-2-4-18(11-15)35-24(25,26)27/h2-8,11-12,14H,9-10,13H2,1H3,(H,28,33)(H,29,30)(H,31,32). The number of methoxy groups -OCH3 is 1. The molecule has 0 radical (unpaired) electrons. The molecule has 1 amide bonds. The van der Waals surface area contributed by atoms with E-state index in [2.05, 4.69) is 20.4 Å². The molecule has 0 atom stereocenters. The quantitative estimate of drug-likeness (QED) is 0.385. The summed E-state index contributed by atoms with van der Waals surface area (Å²) in [7, 11) is 1.43. The number of amides is 1. The highest BCUT2D eigenvalue weighted by Crippen LogP contribution is 2.27. The Hall–Kier alpha value is -4.28. The molecule has 0 saturated carbocycles. The monoisotopic (exact) mass is 489 g/mol. The zero-order valence-corrected chi connectivity index (χ0v) is 18.6. The van der Waals surface area contributed by atoms with Crippen LogP contribution in [-0.4, -0.2) is 42.0 Å². The van der Waals surface area contributed by atoms with Crippen LogP contribution in [0.3, 0.4) is 0 Å². The van der Waals surface area contributed by atoms with Crippen LogP contribution in [0.2, 0.25) is 0 Å². The third kappa shape index (κ3) is 7.63. The van der Waals surface area contributed by atoms with E-state index in [0.717, 1.165) is 0 Å². The van der Waals surface area contributed by atoms with Crippen molar-refractivity contribution < 1.29 is 37.3 Å². The third-order valence-corrected chi connectivity index (χ3v) is 4.77. The first kappa shape index (κ1) is 25.3. The summed E-state index contributed by atoms with van der Waals surface area (Å²) in [6.45, 7) is 0.208. The minimum atomic E-state index is -4.76. The Morgan fingerprint density at radius 2 is 1.83 bits per heavy atom. The molecule has 0 aliphatic rings. The number of hydrogen-bond donors (Lipinski definition) is 3. The predicted molar refractivity (Wildman–Crippen MR) is 121 cm³/mol. The van der Waals surface area contributed by atoms with Crippen LogP contribution in [0.25, 0.3) is 11.1 Å². The second-order valence-electron chi connectivity index (χ2n) is 7.30. The minimum absolute atomic E-state index is 0.0191. The number of rotatable bonds is 10. The molecule has 0 unspecified atom stereocenters. The van der Waals surface area contributed by atoms with Gasteiger partial charge in [0.2, 0.25) is 0 Å². The average Bonchev–Trinajstić information content (AvgIpc) is 2.81. The van der Waals surface area contributed by atoms with Gasteiger partial charge in [-0.1, -0.05) is 18.2 Å². The summed E-state index contributed by atoms with van der Waals surface area (Å²) < 4.78 is 46.4. The lowest BCUT2D eigenvalue weighted by Gasteiger charge is -2.12. The second kappa shape index (κ2) is 11.2. The van der Waals surface area contributed by atoms with Gasteiger partial charge in [0.25, 0.3) is 5.91 Å². The largest absolute Gasteiger partial charge is 0.573 e. The van der Waals surface area contributed by atoms with E-state index in [1.54, 1.807) is 42.6 Å². The zero-order valence-electron chi connectivity index (χ0n) is 18.6. The van der Waals surface area contributed by atoms with Gasteiger partial charge in [-0.15, -0.1) is 13.2 Å². The van der Waals surface area contributed by atoms with Crippen molar-refractivity contribution in [2.75, 3.05) is 19.0 Å². The Kier molecular flexibility index (Phi) is 8.13. The first-order chi connectivity index (χ1) is 16.6. The zero-order chi connectivity index (χ0) is 25.4. The number of anilines is 1. The van der Waals surface area contributed by atoms with E-state index in [4.69, 9.17) is 9.84 Å². The van der Waals surface area contributed by atoms with E-state index in [9.17, 15) is 22.8 Å². The van der Waals surface area contributed by atoms with Crippen molar-refractivity contribution in [3.05, 3.63) is 71.9 Å². The molecule has 3 aromatic rings. The van der Waals surface area contributed by atoms with E-state index >= 15 is 0 Å². The number of halogens is 3. The number of carboxylic acids is 1. The number of carboxylic acid groups (broad SMARTS) is 1. The van der Waals surface area contributed by atoms with Gasteiger partial charge in [0.05, 0.1) is 19.1 Å². The van der Waals surface area contributed by atoms with E-state index in [-0.39, 0.29) is 30.8 Å². The average molecular weight is 489 g/mol. The highest BCUT2D eigenvalue weighted by molar-refractivity contribution is 5.98. The molecule has 3 N–H and O–H groups in total. The molecule has 0 aliphatic heterocycles. The number of ether oxygens (including phenoxy) is 2. The fraction of sp³-hybridized carbons (Fsp3) is 0.208. The van der Waals surface area contributed by atoms with Crippen LogP contribution in [0.15, 0.2) is 60.8 Å². The molecule has 0 saturated heterocycles. The topological polar surface area (TPSA) is 110 Å². The summed E-state index contributed by atoms with van der Waals surface area (Å²) in [4.78, 5) is 27.5. The fourth-order valence-electron chi connectivity index (χ4n) is 3.16. The maximum absolute atomic E-state index is 12.5. The minimum Gasteiger partial charge on any atom is -0.496 e. The van der Waals surface area contributed by atoms with Crippen molar-refractivity contribution in [2.45, 2.75) is 19.3 Å². The summed E-state index contributed by atoms with van der Waals surface area (Å²) >= 11 is 0. The van der Waals surface area contributed by atoms with Crippen LogP contribution in [0.4, 0.5) is 19.0 Å². The molecule has 11 heteroatoms. The summed E-state index contributed by atoms with van der Waals surface area (Å²) in [5.74, 6) is -0.955. The summed E-state index contributed by atoms with van der Waals surface area (Å²) in [6.07, 6.45) is -3.38. The highest BCUT2D eigenvalue weighted by Gasteiger charge is 2.31. The molecule has 1 aromatic heterocycles. The third-order valence-electron chi connectivity index (χ3n) is 4.77. The first-order valence-corrected chi connectivity index (χ1v) is 10.4. The van der Waals surface area contributed by atoms with Crippen molar-refractivity contribution in [3.8, 4) is 22.6 Å². The van der Waals surface area contributed by atoms with Crippen LogP contribution in [0.5, 0.6) is 11.5 Å². The molecule has 184 valence electrons. The van der Waals surface area contributed by atoms with Crippen LogP contribution < -0.4 is 20.1 Å². The fourth-order valence-corrected chi connectivity index (χ4v) is 3.16. The van der Waals surface area contributed by atoms with Gasteiger partial charge >= 0.3 is 12.3 Å². The van der Waals surface area contributed by atoms with Crippen molar-refractivity contribution in [2.24, 2.45) is 0 Å². The van der Waals surface area contributed by atoms with Crippen molar-refractivity contribution >= 4 is 17.7 Å². The van der Waals surface area contributed by atoms with E-state index in [0.29, 0.717) is 28.3 Å². The van der Waals surface area contributed by atoms with Gasteiger partial charge < -0.3 is 25.2 Å². The van der Waals surface area contributed by atoms with Crippen molar-refractivity contribution in [1.29, 1.82) is 0 Å². The van der Waals surface area contributed by atoms with Gasteiger partial charge in [-0.25, -0.2) is 4.98 Å². The molecule has 1 heterocycles. The number of alkyl halides is 3. The maximum atomic E-state index is 12.5. The van der Waals surface area contributed by atoms with Crippen molar-refractivity contribution in [3.63, 3.8) is 0 Å². The smallest absolute Gasteiger partial charge is 0.496 e. The van der Waals surface area contributed by atoms with E-state index in [1.807, 2.05) is 0 Å². The molecule has 0 fully saturated rings. The van der Waals surface area contributed by atoms with E-state index < -0.39 is 18.2 Å². The van der Waals surface area contributed by atoms with Crippen molar-refractivity contribution in [1.82, 2.24) is 10.3 Å². The first-order valence-electron chi connectivity index (χ1n) is 10.4. The summed E-state index contributed by atoms with van der Waals surface area (Å²) in [5, 5.41) is 14.3. The molecule has 8 nitrogen and oxygen atoms in total. The Morgan fingerprint density at radius 1 is 1.06 bits per heavy atom. The summed E-state index contributed by atoms with van der Waals surface area (Å²) in [5.41, 5.74) is 2.22. The van der Waals surface area contributed by atoms with Gasteiger partial charge in [-0.3, -0.25) is 9.59 Å². The van der Waals surface area contributed by atoms with Gasteiger partial charge in [0, 0.05) is 24.8 Å². The molecule has 0 bridgehead atoms. The second-order valence-corrected chi connectivity index (χ2v) is 7.30. The van der Waals surface area contributed by atoms with E-state index in [1.165, 1.54) is 25.3 Å². The molecule has 0 spiro atoms. The Morgan fingerprint density at radius 3 is 2.49 bits per heavy atom. The van der Waals surface area contributed by atoms with Crippen LogP contribution in [0.1, 0.15) is 22.3 Å². The number of nitrogens with one attached hydrogen (secondary N) is 2. The summed E-state index contributed by atoms with van der Waals surface area (Å²) in [6, 6.07) is 14.1. The number of carbonyl (C=O) groups is 2. The van der Waals surface area contributed by atoms with Gasteiger partial charge in [-0.05, 0) is 47.5 Å². The Bertz CT molecular complexity index is 1180. The molecule has 0 aliphatic carbocycles. The lowest BCUT2D eigenvalue weighted by atomic mass is 10.0. The normalized spacial score (nSPS) is 11.0. The number of benzene rings is 2. The number of aromatic nitrogens is 1. The van der Waals surface area contributed by atoms with Crippen LogP contribution in [0, 0.1) is 0 Å². The Labute approximate surface area is 198 Å². The molecule has 35 heavy (non-hydrogen) atoms. The lowest BCUT2D eigenvalue weighted by Crippen LogP contribution is -2.26. The van der Waals surface area contributed by atoms with Crippen LogP contribution in [-0.2, 0) is 11.3 Å². The maximum Gasteiger partial charge on any atom is 0.573 e. The number of nitrogens with zero attached hydrogens (tertiary/aromatic N) is 1. The number of carbonyl (C=O) groups excluding carboxylic acids is 1. The van der Waals surface area contributed by atoms with Crippen LogP contribution >= 0.6 is 0 Å². The number of aliphatic carboxylic acids is 1. The highest BCUT2D eigenvalue weighted by atomic mass is 19.4.